The highest BCUT2D eigenvalue weighted by Gasteiger charge is 2.22. The second kappa shape index (κ2) is 5.74. The minimum absolute atomic E-state index is 0.715. The molecule has 2 aromatic rings. The largest absolute Gasteiger partial charge is 0.330 e. The van der Waals surface area contributed by atoms with Crippen molar-refractivity contribution in [3.8, 4) is 0 Å². The second-order valence-electron chi connectivity index (χ2n) is 5.75. The molecule has 1 aromatic heterocycles. The van der Waals surface area contributed by atoms with Crippen molar-refractivity contribution in [2.24, 2.45) is 7.05 Å². The van der Waals surface area contributed by atoms with Crippen LogP contribution in [0.5, 0.6) is 0 Å². The molecule has 1 fully saturated rings. The molecule has 0 N–H and O–H groups in total. The predicted molar refractivity (Wildman–Crippen MR) is 84.1 cm³/mol. The zero-order chi connectivity index (χ0) is 14.1. The topological polar surface area (TPSA) is 21.1 Å². The zero-order valence-electron chi connectivity index (χ0n) is 12.3. The van der Waals surface area contributed by atoms with Crippen LogP contribution in [0.1, 0.15) is 38.4 Å². The fourth-order valence-electron chi connectivity index (χ4n) is 3.28. The number of imidazole rings is 1. The first-order valence-electron chi connectivity index (χ1n) is 7.54. The van der Waals surface area contributed by atoms with Gasteiger partial charge in [0.15, 0.2) is 0 Å². The summed E-state index contributed by atoms with van der Waals surface area (Å²) in [7, 11) is 2.10. The number of aromatic nitrogens is 2. The van der Waals surface area contributed by atoms with E-state index in [-0.39, 0.29) is 0 Å². The molecular formula is C16H22ClN3. The van der Waals surface area contributed by atoms with Crippen LogP contribution < -0.4 is 0 Å². The Balaban J connectivity index is 1.88. The highest BCUT2D eigenvalue weighted by Crippen LogP contribution is 2.24. The van der Waals surface area contributed by atoms with Crippen LogP contribution in [0.3, 0.4) is 0 Å². The minimum Gasteiger partial charge on any atom is -0.330 e. The molecule has 108 valence electrons. The van der Waals surface area contributed by atoms with Gasteiger partial charge < -0.3 is 4.57 Å². The van der Waals surface area contributed by atoms with E-state index in [4.69, 9.17) is 16.6 Å². The summed E-state index contributed by atoms with van der Waals surface area (Å²) in [5, 5.41) is 0.756. The molecule has 0 bridgehead atoms. The van der Waals surface area contributed by atoms with Crippen molar-refractivity contribution in [3.05, 3.63) is 29.0 Å². The number of rotatable bonds is 3. The van der Waals surface area contributed by atoms with Crippen LogP contribution in [-0.4, -0.2) is 27.0 Å². The van der Waals surface area contributed by atoms with Crippen LogP contribution in [0.25, 0.3) is 11.0 Å². The summed E-state index contributed by atoms with van der Waals surface area (Å²) in [6.45, 7) is 4.43. The number of fused-ring (bicyclic) bond motifs is 1. The molecule has 3 nitrogen and oxygen atoms in total. The molecule has 1 atom stereocenters. The third kappa shape index (κ3) is 2.57. The van der Waals surface area contributed by atoms with Gasteiger partial charge in [0.1, 0.15) is 5.82 Å². The lowest BCUT2D eigenvalue weighted by molar-refractivity contribution is 0.132. The van der Waals surface area contributed by atoms with Gasteiger partial charge in [-0.15, -0.1) is 0 Å². The number of hydrogen-bond donors (Lipinski definition) is 0. The molecule has 2 heterocycles. The van der Waals surface area contributed by atoms with Crippen LogP contribution in [-0.2, 0) is 13.6 Å². The molecule has 1 unspecified atom stereocenters. The van der Waals surface area contributed by atoms with Gasteiger partial charge in [-0.1, -0.05) is 24.9 Å². The van der Waals surface area contributed by atoms with Gasteiger partial charge in [-0.25, -0.2) is 4.98 Å². The SMILES string of the molecule is CCC1CCCCN1Cc1nc2cc(Cl)ccc2n1C. The van der Waals surface area contributed by atoms with Crippen molar-refractivity contribution >= 4 is 22.6 Å². The van der Waals surface area contributed by atoms with Crippen LogP contribution in [0.2, 0.25) is 5.02 Å². The summed E-state index contributed by atoms with van der Waals surface area (Å²) >= 11 is 6.06. The molecule has 1 aromatic carbocycles. The number of likely N-dealkylation sites (tertiary alicyclic amines) is 1. The minimum atomic E-state index is 0.715. The van der Waals surface area contributed by atoms with E-state index in [2.05, 4.69) is 29.5 Å². The number of nitrogens with zero attached hydrogens (tertiary/aromatic N) is 3. The molecule has 0 radical (unpaired) electrons. The van der Waals surface area contributed by atoms with E-state index in [0.717, 1.165) is 28.4 Å². The molecule has 0 aliphatic carbocycles. The summed E-state index contributed by atoms with van der Waals surface area (Å²) in [5.41, 5.74) is 2.16. The van der Waals surface area contributed by atoms with E-state index in [1.807, 2.05) is 12.1 Å². The molecule has 0 saturated carbocycles. The van der Waals surface area contributed by atoms with Gasteiger partial charge in [-0.05, 0) is 44.0 Å². The Labute approximate surface area is 125 Å². The molecule has 1 aliphatic rings. The standard InChI is InChI=1S/C16H22ClN3/c1-3-13-6-4-5-9-20(13)11-16-18-14-10-12(17)7-8-15(14)19(16)2/h7-8,10,13H,3-6,9,11H2,1-2H3. The lowest BCUT2D eigenvalue weighted by Crippen LogP contribution is -2.39. The smallest absolute Gasteiger partial charge is 0.123 e. The number of halogens is 1. The van der Waals surface area contributed by atoms with Crippen molar-refractivity contribution in [2.45, 2.75) is 45.2 Å². The molecule has 4 heteroatoms. The number of hydrogen-bond acceptors (Lipinski definition) is 2. The van der Waals surface area contributed by atoms with E-state index in [9.17, 15) is 0 Å². The lowest BCUT2D eigenvalue weighted by atomic mass is 10.0. The second-order valence-corrected chi connectivity index (χ2v) is 6.18. The Morgan fingerprint density at radius 2 is 2.20 bits per heavy atom. The van der Waals surface area contributed by atoms with Gasteiger partial charge in [0.05, 0.1) is 17.6 Å². The fraction of sp³-hybridized carbons (Fsp3) is 0.562. The quantitative estimate of drug-likeness (QED) is 0.852. The molecule has 1 aliphatic heterocycles. The summed E-state index contributed by atoms with van der Waals surface area (Å²) in [6.07, 6.45) is 5.24. The van der Waals surface area contributed by atoms with Crippen LogP contribution >= 0.6 is 11.6 Å². The van der Waals surface area contributed by atoms with Gasteiger partial charge >= 0.3 is 0 Å². The van der Waals surface area contributed by atoms with Gasteiger partial charge in [0.2, 0.25) is 0 Å². The molecule has 1 saturated heterocycles. The average Bonchev–Trinajstić information content (AvgIpc) is 2.75. The van der Waals surface area contributed by atoms with Crippen molar-refractivity contribution < 1.29 is 0 Å². The van der Waals surface area contributed by atoms with E-state index in [1.165, 1.54) is 32.2 Å². The maximum atomic E-state index is 6.06. The number of aryl methyl sites for hydroxylation is 1. The van der Waals surface area contributed by atoms with Crippen LogP contribution in [0.4, 0.5) is 0 Å². The normalized spacial score (nSPS) is 20.6. The molecule has 0 amide bonds. The van der Waals surface area contributed by atoms with Gasteiger partial charge in [0, 0.05) is 18.1 Å². The zero-order valence-corrected chi connectivity index (χ0v) is 13.0. The lowest BCUT2D eigenvalue weighted by Gasteiger charge is -2.34. The van der Waals surface area contributed by atoms with Crippen LogP contribution in [0, 0.1) is 0 Å². The highest BCUT2D eigenvalue weighted by atomic mass is 35.5. The van der Waals surface area contributed by atoms with E-state index in [1.54, 1.807) is 0 Å². The van der Waals surface area contributed by atoms with Gasteiger partial charge in [-0.3, -0.25) is 4.90 Å². The summed E-state index contributed by atoms with van der Waals surface area (Å²) in [4.78, 5) is 7.36. The fourth-order valence-corrected chi connectivity index (χ4v) is 3.44. The average molecular weight is 292 g/mol. The summed E-state index contributed by atoms with van der Waals surface area (Å²) in [6, 6.07) is 6.66. The molecule has 20 heavy (non-hydrogen) atoms. The Kier molecular flexibility index (Phi) is 3.99. The Morgan fingerprint density at radius 1 is 1.35 bits per heavy atom. The summed E-state index contributed by atoms with van der Waals surface area (Å²) < 4.78 is 2.20. The maximum Gasteiger partial charge on any atom is 0.123 e. The molecule has 0 spiro atoms. The van der Waals surface area contributed by atoms with Crippen molar-refractivity contribution in [3.63, 3.8) is 0 Å². The van der Waals surface area contributed by atoms with E-state index >= 15 is 0 Å². The Hall–Kier alpha value is -1.06. The third-order valence-electron chi connectivity index (χ3n) is 4.50. The van der Waals surface area contributed by atoms with E-state index < -0.39 is 0 Å². The molecular weight excluding hydrogens is 270 g/mol. The van der Waals surface area contributed by atoms with Crippen molar-refractivity contribution in [1.82, 2.24) is 14.5 Å². The van der Waals surface area contributed by atoms with Crippen molar-refractivity contribution in [2.75, 3.05) is 6.54 Å². The third-order valence-corrected chi connectivity index (χ3v) is 4.74. The van der Waals surface area contributed by atoms with Gasteiger partial charge in [-0.2, -0.15) is 0 Å². The Bertz CT molecular complexity index is 605. The first-order chi connectivity index (χ1) is 9.69. The summed E-state index contributed by atoms with van der Waals surface area (Å²) in [5.74, 6) is 1.14. The van der Waals surface area contributed by atoms with E-state index in [0.29, 0.717) is 6.04 Å². The number of benzene rings is 1. The Morgan fingerprint density at radius 3 is 3.00 bits per heavy atom. The number of piperidine rings is 1. The molecule has 3 rings (SSSR count). The predicted octanol–water partition coefficient (Wildman–Crippen LogP) is 3.99. The van der Waals surface area contributed by atoms with Gasteiger partial charge in [0.25, 0.3) is 0 Å². The first-order valence-corrected chi connectivity index (χ1v) is 7.91. The van der Waals surface area contributed by atoms with Crippen LogP contribution in [0.15, 0.2) is 18.2 Å². The monoisotopic (exact) mass is 291 g/mol. The highest BCUT2D eigenvalue weighted by molar-refractivity contribution is 6.31. The van der Waals surface area contributed by atoms with Crippen molar-refractivity contribution in [1.29, 1.82) is 0 Å². The first kappa shape index (κ1) is 13.9. The maximum absolute atomic E-state index is 6.06.